The molecule has 0 fully saturated rings. The summed E-state index contributed by atoms with van der Waals surface area (Å²) in [5.74, 6) is -1.42. The van der Waals surface area contributed by atoms with E-state index in [9.17, 15) is 22.4 Å². The molecule has 1 aliphatic heterocycles. The average Bonchev–Trinajstić information content (AvgIpc) is 2.40. The van der Waals surface area contributed by atoms with Crippen molar-refractivity contribution >= 4 is 34.2 Å². The van der Waals surface area contributed by atoms with E-state index in [1.165, 1.54) is 0 Å². The van der Waals surface area contributed by atoms with E-state index in [0.717, 1.165) is 6.07 Å². The lowest BCUT2D eigenvalue weighted by molar-refractivity contribution is -0.137. The topological polar surface area (TPSA) is 29.1 Å². The second-order valence-corrected chi connectivity index (χ2v) is 5.49. The summed E-state index contributed by atoms with van der Waals surface area (Å²) in [7, 11) is 0. The van der Waals surface area contributed by atoms with E-state index >= 15 is 0 Å². The van der Waals surface area contributed by atoms with E-state index < -0.39 is 17.6 Å². The molecule has 1 aliphatic rings. The fourth-order valence-electron chi connectivity index (χ4n) is 1.78. The molecule has 0 saturated carbocycles. The Balaban J connectivity index is 2.49. The summed E-state index contributed by atoms with van der Waals surface area (Å²) in [6, 6.07) is 1.31. The number of hydrogen-bond donors (Lipinski definition) is 1. The van der Waals surface area contributed by atoms with Gasteiger partial charge in [0.1, 0.15) is 5.82 Å². The Kier molecular flexibility index (Phi) is 3.52. The number of aryl methyl sites for hydroxylation is 1. The Morgan fingerprint density at radius 1 is 1.33 bits per heavy atom. The maximum absolute atomic E-state index is 13.6. The van der Waals surface area contributed by atoms with Gasteiger partial charge in [-0.1, -0.05) is 22.6 Å². The van der Waals surface area contributed by atoms with Crippen molar-refractivity contribution in [3.63, 3.8) is 0 Å². The molecule has 1 N–H and O–H groups in total. The fourth-order valence-corrected chi connectivity index (χ4v) is 2.25. The molecule has 1 aromatic rings. The zero-order chi connectivity index (χ0) is 13.5. The summed E-state index contributed by atoms with van der Waals surface area (Å²) in [5, 5.41) is 2.33. The van der Waals surface area contributed by atoms with Crippen molar-refractivity contribution < 1.29 is 22.4 Å². The number of carbonyl (C=O) groups is 1. The summed E-state index contributed by atoms with van der Waals surface area (Å²) in [4.78, 5) is 11.5. The van der Waals surface area contributed by atoms with Crippen LogP contribution in [0.1, 0.15) is 17.5 Å². The Bertz CT molecular complexity index is 501. The second kappa shape index (κ2) is 4.67. The maximum atomic E-state index is 13.6. The first-order valence-corrected chi connectivity index (χ1v) is 6.38. The van der Waals surface area contributed by atoms with Crippen molar-refractivity contribution in [2.24, 2.45) is 0 Å². The fraction of sp³-hybridized carbons (Fsp3) is 0.364. The molecular weight excluding hydrogens is 365 g/mol. The molecule has 0 aliphatic carbocycles. The SMILES string of the molecule is O=C1Nc2c(F)cc(C(F)(F)F)cc2CCC1I. The highest BCUT2D eigenvalue weighted by atomic mass is 127. The first-order chi connectivity index (χ1) is 8.29. The molecule has 1 aromatic carbocycles. The molecule has 1 amide bonds. The number of carbonyl (C=O) groups excluding carboxylic acids is 1. The van der Waals surface area contributed by atoms with Gasteiger partial charge in [0, 0.05) is 0 Å². The van der Waals surface area contributed by atoms with E-state index in [1.807, 2.05) is 22.6 Å². The maximum Gasteiger partial charge on any atom is 0.416 e. The van der Waals surface area contributed by atoms with E-state index in [1.54, 1.807) is 0 Å². The summed E-state index contributed by atoms with van der Waals surface area (Å²) in [6.45, 7) is 0. The van der Waals surface area contributed by atoms with Crippen LogP contribution >= 0.6 is 22.6 Å². The number of nitrogens with one attached hydrogen (secondary N) is 1. The molecule has 7 heteroatoms. The average molecular weight is 373 g/mol. The molecule has 18 heavy (non-hydrogen) atoms. The van der Waals surface area contributed by atoms with E-state index in [0.29, 0.717) is 12.5 Å². The lowest BCUT2D eigenvalue weighted by Crippen LogP contribution is -2.21. The first kappa shape index (κ1) is 13.6. The van der Waals surface area contributed by atoms with Gasteiger partial charge in [-0.2, -0.15) is 13.2 Å². The quantitative estimate of drug-likeness (QED) is 0.421. The molecular formula is C11H8F4INO. The van der Waals surface area contributed by atoms with Crippen molar-refractivity contribution in [3.8, 4) is 0 Å². The van der Waals surface area contributed by atoms with Crippen molar-refractivity contribution in [2.75, 3.05) is 5.32 Å². The van der Waals surface area contributed by atoms with Gasteiger partial charge in [-0.15, -0.1) is 0 Å². The standard InChI is InChI=1S/C11H8F4INO/c12-7-4-6(11(13,14)15)3-5-1-2-8(16)10(18)17-9(5)7/h3-4,8H,1-2H2,(H,17,18). The smallest absolute Gasteiger partial charge is 0.322 e. The largest absolute Gasteiger partial charge is 0.416 e. The van der Waals surface area contributed by atoms with E-state index in [-0.39, 0.29) is 27.5 Å². The molecule has 98 valence electrons. The number of alkyl halides is 4. The third-order valence-corrected chi connectivity index (χ3v) is 3.89. The van der Waals surface area contributed by atoms with Crippen LogP contribution in [-0.4, -0.2) is 9.83 Å². The highest BCUT2D eigenvalue weighted by molar-refractivity contribution is 14.1. The van der Waals surface area contributed by atoms with Gasteiger partial charge in [-0.05, 0) is 30.5 Å². The molecule has 2 nitrogen and oxygen atoms in total. The normalized spacial score (nSPS) is 20.1. The highest BCUT2D eigenvalue weighted by Crippen LogP contribution is 2.35. The zero-order valence-electron chi connectivity index (χ0n) is 8.94. The number of hydrogen-bond acceptors (Lipinski definition) is 1. The van der Waals surface area contributed by atoms with Crippen molar-refractivity contribution in [1.82, 2.24) is 0 Å². The van der Waals surface area contributed by atoms with Gasteiger partial charge in [0.2, 0.25) is 5.91 Å². The Hall–Kier alpha value is -0.860. The van der Waals surface area contributed by atoms with Gasteiger partial charge >= 0.3 is 6.18 Å². The summed E-state index contributed by atoms with van der Waals surface area (Å²) < 4.78 is 50.9. The Morgan fingerprint density at radius 2 is 2.00 bits per heavy atom. The van der Waals surface area contributed by atoms with Gasteiger partial charge < -0.3 is 5.32 Å². The minimum absolute atomic E-state index is 0.132. The minimum atomic E-state index is -4.59. The summed E-state index contributed by atoms with van der Waals surface area (Å²) in [6.07, 6.45) is -3.96. The molecule has 0 aromatic heterocycles. The van der Waals surface area contributed by atoms with Gasteiger partial charge in [0.25, 0.3) is 0 Å². The predicted octanol–water partition coefficient (Wildman–Crippen LogP) is 3.53. The monoisotopic (exact) mass is 373 g/mol. The Labute approximate surface area is 114 Å². The third kappa shape index (κ3) is 2.60. The number of benzene rings is 1. The van der Waals surface area contributed by atoms with Crippen LogP contribution in [0.25, 0.3) is 0 Å². The van der Waals surface area contributed by atoms with Crippen LogP contribution in [0, 0.1) is 5.82 Å². The van der Waals surface area contributed by atoms with E-state index in [2.05, 4.69) is 5.32 Å². The zero-order valence-corrected chi connectivity index (χ0v) is 11.1. The number of rotatable bonds is 0. The second-order valence-electron chi connectivity index (χ2n) is 3.99. The minimum Gasteiger partial charge on any atom is -0.322 e. The molecule has 0 spiro atoms. The lowest BCUT2D eigenvalue weighted by atomic mass is 10.0. The summed E-state index contributed by atoms with van der Waals surface area (Å²) in [5.41, 5.74) is -0.970. The van der Waals surface area contributed by atoms with Crippen LogP contribution in [0.5, 0.6) is 0 Å². The van der Waals surface area contributed by atoms with Gasteiger partial charge in [0.05, 0.1) is 15.2 Å². The molecule has 0 saturated heterocycles. The molecule has 1 heterocycles. The van der Waals surface area contributed by atoms with Crippen LogP contribution in [0.4, 0.5) is 23.2 Å². The lowest BCUT2D eigenvalue weighted by Gasteiger charge is -2.12. The van der Waals surface area contributed by atoms with Gasteiger partial charge in [0.15, 0.2) is 0 Å². The highest BCUT2D eigenvalue weighted by Gasteiger charge is 2.33. The molecule has 0 bridgehead atoms. The third-order valence-electron chi connectivity index (χ3n) is 2.70. The summed E-state index contributed by atoms with van der Waals surface area (Å²) >= 11 is 1.89. The number of amides is 1. The number of fused-ring (bicyclic) bond motifs is 1. The van der Waals surface area contributed by atoms with Crippen molar-refractivity contribution in [1.29, 1.82) is 0 Å². The Morgan fingerprint density at radius 3 is 2.61 bits per heavy atom. The van der Waals surface area contributed by atoms with Crippen LogP contribution in [0.2, 0.25) is 0 Å². The first-order valence-electron chi connectivity index (χ1n) is 5.13. The molecule has 2 rings (SSSR count). The molecule has 0 radical (unpaired) electrons. The predicted molar refractivity (Wildman–Crippen MR) is 66.2 cm³/mol. The van der Waals surface area contributed by atoms with Crippen LogP contribution in [0.3, 0.4) is 0 Å². The number of halogens is 5. The van der Waals surface area contributed by atoms with E-state index in [4.69, 9.17) is 0 Å². The van der Waals surface area contributed by atoms with Crippen LogP contribution in [0.15, 0.2) is 12.1 Å². The van der Waals surface area contributed by atoms with Crippen LogP contribution < -0.4 is 5.32 Å². The van der Waals surface area contributed by atoms with Gasteiger partial charge in [-0.25, -0.2) is 4.39 Å². The molecule has 1 unspecified atom stereocenters. The molecule has 1 atom stereocenters. The van der Waals surface area contributed by atoms with Crippen LogP contribution in [-0.2, 0) is 17.4 Å². The van der Waals surface area contributed by atoms with Crippen molar-refractivity contribution in [2.45, 2.75) is 22.9 Å². The van der Waals surface area contributed by atoms with Crippen molar-refractivity contribution in [3.05, 3.63) is 29.1 Å². The van der Waals surface area contributed by atoms with Gasteiger partial charge in [-0.3, -0.25) is 4.79 Å². The number of anilines is 1.